The fraction of sp³-hybridized carbons (Fsp3) is 0.875. The average Bonchev–Trinajstić information content (AvgIpc) is 2.90. The van der Waals surface area contributed by atoms with Gasteiger partial charge in [-0.3, -0.25) is 4.90 Å². The molecular formula is C16H28N2. The summed E-state index contributed by atoms with van der Waals surface area (Å²) in [5, 5.41) is 0. The number of nitrogens with zero attached hydrogens (tertiary/aromatic N) is 1. The van der Waals surface area contributed by atoms with E-state index in [1.807, 2.05) is 0 Å². The van der Waals surface area contributed by atoms with Crippen LogP contribution < -0.4 is 5.73 Å². The lowest BCUT2D eigenvalue weighted by atomic mass is 9.82. The first kappa shape index (κ1) is 13.9. The second-order valence-electron chi connectivity index (χ2n) is 6.06. The molecule has 2 aliphatic rings. The summed E-state index contributed by atoms with van der Waals surface area (Å²) in [5.41, 5.74) is 6.89. The highest BCUT2D eigenvalue weighted by molar-refractivity contribution is 5.03. The minimum atomic E-state index is 0.315. The van der Waals surface area contributed by atoms with Gasteiger partial charge in [0, 0.05) is 18.0 Å². The van der Waals surface area contributed by atoms with E-state index in [0.29, 0.717) is 11.6 Å². The fourth-order valence-electron chi connectivity index (χ4n) is 3.94. The maximum absolute atomic E-state index is 6.58. The smallest absolute Gasteiger partial charge is 0.0360 e. The maximum atomic E-state index is 6.58. The van der Waals surface area contributed by atoms with E-state index in [4.69, 9.17) is 12.2 Å². The Hall–Kier alpha value is -0.520. The van der Waals surface area contributed by atoms with Crippen LogP contribution in [0.25, 0.3) is 0 Å². The van der Waals surface area contributed by atoms with Crippen LogP contribution in [0.4, 0.5) is 0 Å². The van der Waals surface area contributed by atoms with Crippen LogP contribution in [-0.4, -0.2) is 29.6 Å². The first-order chi connectivity index (χ1) is 8.79. The molecular weight excluding hydrogens is 220 g/mol. The highest BCUT2D eigenvalue weighted by Gasteiger charge is 2.44. The zero-order chi connectivity index (χ0) is 12.8. The van der Waals surface area contributed by atoms with Crippen molar-refractivity contribution in [1.29, 1.82) is 0 Å². The monoisotopic (exact) mass is 248 g/mol. The molecule has 1 saturated heterocycles. The number of hydrogen-bond acceptors (Lipinski definition) is 2. The molecule has 2 N–H and O–H groups in total. The summed E-state index contributed by atoms with van der Waals surface area (Å²) in [6.45, 7) is 2.53. The molecule has 2 heteroatoms. The Balaban J connectivity index is 1.98. The van der Waals surface area contributed by atoms with E-state index in [-0.39, 0.29) is 0 Å². The van der Waals surface area contributed by atoms with Crippen LogP contribution in [0.2, 0.25) is 0 Å². The molecule has 0 bridgehead atoms. The van der Waals surface area contributed by atoms with E-state index < -0.39 is 0 Å². The molecule has 1 unspecified atom stereocenters. The molecule has 0 aromatic rings. The lowest BCUT2D eigenvalue weighted by Gasteiger charge is -2.47. The van der Waals surface area contributed by atoms with Gasteiger partial charge in [-0.2, -0.15) is 0 Å². The van der Waals surface area contributed by atoms with Crippen molar-refractivity contribution < 1.29 is 0 Å². The van der Waals surface area contributed by atoms with Gasteiger partial charge in [0.25, 0.3) is 0 Å². The molecule has 2 nitrogen and oxygen atoms in total. The van der Waals surface area contributed by atoms with Gasteiger partial charge in [0.05, 0.1) is 0 Å². The van der Waals surface area contributed by atoms with Crippen LogP contribution in [0.5, 0.6) is 0 Å². The maximum Gasteiger partial charge on any atom is 0.0360 e. The van der Waals surface area contributed by atoms with Crippen LogP contribution in [0.15, 0.2) is 0 Å². The summed E-state index contributed by atoms with van der Waals surface area (Å²) < 4.78 is 0. The van der Waals surface area contributed by atoms with Gasteiger partial charge in [0.2, 0.25) is 0 Å². The normalized spacial score (nSPS) is 25.8. The van der Waals surface area contributed by atoms with E-state index in [1.165, 1.54) is 58.0 Å². The summed E-state index contributed by atoms with van der Waals surface area (Å²) in [7, 11) is 0. The van der Waals surface area contributed by atoms with Crippen LogP contribution >= 0.6 is 0 Å². The molecule has 2 rings (SSSR count). The number of hydrogen-bond donors (Lipinski definition) is 1. The van der Waals surface area contributed by atoms with Gasteiger partial charge in [-0.25, -0.2) is 0 Å². The van der Waals surface area contributed by atoms with Crippen molar-refractivity contribution in [3.8, 4) is 12.3 Å². The topological polar surface area (TPSA) is 29.3 Å². The van der Waals surface area contributed by atoms with Gasteiger partial charge in [-0.15, -0.1) is 12.3 Å². The van der Waals surface area contributed by atoms with Crippen LogP contribution in [0.3, 0.4) is 0 Å². The van der Waals surface area contributed by atoms with Crippen LogP contribution in [0, 0.1) is 12.3 Å². The number of unbranched alkanes of at least 4 members (excludes halogenated alkanes) is 1. The summed E-state index contributed by atoms with van der Waals surface area (Å²) >= 11 is 0. The first-order valence-corrected chi connectivity index (χ1v) is 7.74. The molecule has 2 fully saturated rings. The van der Waals surface area contributed by atoms with E-state index in [2.05, 4.69) is 10.8 Å². The van der Waals surface area contributed by atoms with Crippen LogP contribution in [0.1, 0.15) is 64.2 Å². The summed E-state index contributed by atoms with van der Waals surface area (Å²) in [4.78, 5) is 2.73. The van der Waals surface area contributed by atoms with Crippen molar-refractivity contribution in [2.75, 3.05) is 13.1 Å². The third-order valence-electron chi connectivity index (χ3n) is 4.98. The molecule has 1 atom stereocenters. The lowest BCUT2D eigenvalue weighted by molar-refractivity contribution is 0.0454. The van der Waals surface area contributed by atoms with E-state index >= 15 is 0 Å². The van der Waals surface area contributed by atoms with Gasteiger partial charge in [0.1, 0.15) is 0 Å². The van der Waals surface area contributed by atoms with Crippen molar-refractivity contribution in [3.63, 3.8) is 0 Å². The Morgan fingerprint density at radius 3 is 2.39 bits per heavy atom. The Morgan fingerprint density at radius 1 is 1.11 bits per heavy atom. The molecule has 0 radical (unpaired) electrons. The molecule has 1 aliphatic carbocycles. The quantitative estimate of drug-likeness (QED) is 0.599. The van der Waals surface area contributed by atoms with E-state index in [0.717, 1.165) is 19.3 Å². The summed E-state index contributed by atoms with van der Waals surface area (Å²) in [6, 6.07) is 0.325. The second-order valence-corrected chi connectivity index (χ2v) is 6.06. The Labute approximate surface area is 112 Å². The Bertz CT molecular complexity index is 280. The minimum absolute atomic E-state index is 0.315. The summed E-state index contributed by atoms with van der Waals surface area (Å²) in [5.74, 6) is 2.74. The van der Waals surface area contributed by atoms with Crippen LogP contribution in [-0.2, 0) is 0 Å². The van der Waals surface area contributed by atoms with Crippen molar-refractivity contribution in [2.45, 2.75) is 75.8 Å². The molecule has 102 valence electrons. The first-order valence-electron chi connectivity index (χ1n) is 7.74. The van der Waals surface area contributed by atoms with Crippen molar-refractivity contribution in [3.05, 3.63) is 0 Å². The lowest BCUT2D eigenvalue weighted by Crippen LogP contribution is -2.59. The third-order valence-corrected chi connectivity index (χ3v) is 4.98. The fourth-order valence-corrected chi connectivity index (χ4v) is 3.94. The molecule has 1 aliphatic heterocycles. The number of terminal acetylenes is 1. The predicted molar refractivity (Wildman–Crippen MR) is 77.3 cm³/mol. The molecule has 1 heterocycles. The number of likely N-dealkylation sites (tertiary alicyclic amines) is 1. The van der Waals surface area contributed by atoms with Crippen molar-refractivity contribution in [1.82, 2.24) is 4.90 Å². The highest BCUT2D eigenvalue weighted by Crippen LogP contribution is 2.40. The van der Waals surface area contributed by atoms with Gasteiger partial charge < -0.3 is 5.73 Å². The SMILES string of the molecule is C#CCCCC(N)C1(N2CCCCC2)CCCC1. The largest absolute Gasteiger partial charge is 0.326 e. The molecule has 0 aromatic heterocycles. The van der Waals surface area contributed by atoms with Crippen molar-refractivity contribution in [2.24, 2.45) is 5.73 Å². The van der Waals surface area contributed by atoms with Gasteiger partial charge in [-0.1, -0.05) is 19.3 Å². The van der Waals surface area contributed by atoms with Gasteiger partial charge in [0.15, 0.2) is 0 Å². The minimum Gasteiger partial charge on any atom is -0.326 e. The standard InChI is InChI=1S/C16H28N2/c1-2-3-5-10-15(17)16(11-6-7-12-16)18-13-8-4-9-14-18/h1,15H,3-14,17H2. The number of piperidine rings is 1. The van der Waals surface area contributed by atoms with E-state index in [9.17, 15) is 0 Å². The Morgan fingerprint density at radius 2 is 1.78 bits per heavy atom. The molecule has 0 aromatic carbocycles. The zero-order valence-corrected chi connectivity index (χ0v) is 11.7. The third kappa shape index (κ3) is 2.90. The predicted octanol–water partition coefficient (Wildman–Crippen LogP) is 2.92. The second kappa shape index (κ2) is 6.59. The molecule has 18 heavy (non-hydrogen) atoms. The Kier molecular flexibility index (Phi) is 5.09. The zero-order valence-electron chi connectivity index (χ0n) is 11.7. The highest BCUT2D eigenvalue weighted by atomic mass is 15.2. The summed E-state index contributed by atoms with van der Waals surface area (Å²) in [6.07, 6.45) is 17.9. The van der Waals surface area contributed by atoms with E-state index in [1.54, 1.807) is 0 Å². The van der Waals surface area contributed by atoms with Gasteiger partial charge >= 0.3 is 0 Å². The molecule has 1 saturated carbocycles. The molecule has 0 spiro atoms. The van der Waals surface area contributed by atoms with Crippen molar-refractivity contribution >= 4 is 0 Å². The average molecular weight is 248 g/mol. The number of rotatable bonds is 5. The van der Waals surface area contributed by atoms with Gasteiger partial charge in [-0.05, 0) is 51.6 Å². The molecule has 0 amide bonds. The number of nitrogens with two attached hydrogens (primary N) is 1.